The van der Waals surface area contributed by atoms with Crippen LogP contribution in [-0.4, -0.2) is 11.6 Å². The third kappa shape index (κ3) is 4.36. The van der Waals surface area contributed by atoms with Gasteiger partial charge >= 0.3 is 0 Å². The van der Waals surface area contributed by atoms with Crippen LogP contribution >= 0.6 is 11.3 Å². The molecule has 21 heavy (non-hydrogen) atoms. The van der Waals surface area contributed by atoms with Crippen molar-refractivity contribution in [3.05, 3.63) is 34.5 Å². The van der Waals surface area contributed by atoms with Gasteiger partial charge in [-0.25, -0.2) is 0 Å². The van der Waals surface area contributed by atoms with Crippen molar-refractivity contribution >= 4 is 22.8 Å². The van der Waals surface area contributed by atoms with Gasteiger partial charge in [0.25, 0.3) is 0 Å². The quantitative estimate of drug-likeness (QED) is 0.799. The molecule has 0 spiro atoms. The van der Waals surface area contributed by atoms with Crippen molar-refractivity contribution in [3.63, 3.8) is 0 Å². The number of anilines is 2. The van der Waals surface area contributed by atoms with Crippen LogP contribution in [-0.2, 0) is 0 Å². The van der Waals surface area contributed by atoms with Gasteiger partial charge in [0.1, 0.15) is 5.82 Å². The summed E-state index contributed by atoms with van der Waals surface area (Å²) in [5.74, 6) is 1.75. The van der Waals surface area contributed by atoms with Gasteiger partial charge in [-0.2, -0.15) is 4.98 Å². The van der Waals surface area contributed by atoms with E-state index in [1.807, 2.05) is 12.1 Å². The third-order valence-corrected chi connectivity index (χ3v) is 4.05. The maximum absolute atomic E-state index is 5.92. The van der Waals surface area contributed by atoms with Gasteiger partial charge in [-0.1, -0.05) is 26.8 Å². The minimum Gasteiger partial charge on any atom is -0.476 e. The fraction of sp³-hybridized carbons (Fsp3) is 0.438. The predicted octanol–water partition coefficient (Wildman–Crippen LogP) is 4.32. The number of ether oxygens (including phenoxy) is 1. The van der Waals surface area contributed by atoms with E-state index in [1.165, 1.54) is 4.88 Å². The lowest BCUT2D eigenvalue weighted by molar-refractivity contribution is 0.263. The van der Waals surface area contributed by atoms with Crippen LogP contribution in [0.1, 0.15) is 38.1 Å². The van der Waals surface area contributed by atoms with E-state index in [9.17, 15) is 0 Å². The van der Waals surface area contributed by atoms with Crippen LogP contribution in [0.3, 0.4) is 0 Å². The lowest BCUT2D eigenvalue weighted by Gasteiger charge is -2.17. The largest absolute Gasteiger partial charge is 0.476 e. The SMILES string of the molecule is CCC(Nc1ccc(N)c(OCC(C)C)n1)c1cccs1. The molecular weight excluding hydrogens is 282 g/mol. The molecule has 0 fully saturated rings. The molecule has 1 unspecified atom stereocenters. The Kier molecular flexibility index (Phi) is 5.44. The summed E-state index contributed by atoms with van der Waals surface area (Å²) in [6.07, 6.45) is 0.995. The zero-order chi connectivity index (χ0) is 15.2. The predicted molar refractivity (Wildman–Crippen MR) is 90.0 cm³/mol. The van der Waals surface area contributed by atoms with Gasteiger partial charge in [0.15, 0.2) is 0 Å². The molecule has 0 aromatic carbocycles. The van der Waals surface area contributed by atoms with E-state index in [0.29, 0.717) is 24.1 Å². The summed E-state index contributed by atoms with van der Waals surface area (Å²) in [6.45, 7) is 6.97. The lowest BCUT2D eigenvalue weighted by atomic mass is 10.2. The maximum atomic E-state index is 5.92. The number of hydrogen-bond acceptors (Lipinski definition) is 5. The van der Waals surface area contributed by atoms with E-state index in [0.717, 1.165) is 12.2 Å². The Hall–Kier alpha value is -1.75. The van der Waals surface area contributed by atoms with Crippen LogP contribution in [0.5, 0.6) is 5.88 Å². The second-order valence-electron chi connectivity index (χ2n) is 5.42. The highest BCUT2D eigenvalue weighted by Crippen LogP contribution is 2.28. The fourth-order valence-corrected chi connectivity index (χ4v) is 2.80. The molecule has 0 saturated heterocycles. The minimum absolute atomic E-state index is 0.263. The van der Waals surface area contributed by atoms with Crippen molar-refractivity contribution in [1.29, 1.82) is 0 Å². The summed E-state index contributed by atoms with van der Waals surface area (Å²) in [5, 5.41) is 5.54. The minimum atomic E-state index is 0.263. The molecule has 0 radical (unpaired) electrons. The van der Waals surface area contributed by atoms with E-state index in [1.54, 1.807) is 11.3 Å². The number of nitrogens with two attached hydrogens (primary N) is 1. The first kappa shape index (κ1) is 15.6. The smallest absolute Gasteiger partial charge is 0.239 e. The molecule has 2 rings (SSSR count). The Labute approximate surface area is 130 Å². The van der Waals surface area contributed by atoms with Gasteiger partial charge in [0, 0.05) is 4.88 Å². The molecule has 4 nitrogen and oxygen atoms in total. The van der Waals surface area contributed by atoms with Crippen molar-refractivity contribution < 1.29 is 4.74 Å². The Bertz CT molecular complexity index is 555. The molecule has 114 valence electrons. The number of nitrogens with one attached hydrogen (secondary N) is 1. The molecule has 3 N–H and O–H groups in total. The van der Waals surface area contributed by atoms with Crippen molar-refractivity contribution in [2.45, 2.75) is 33.2 Å². The molecule has 1 atom stereocenters. The number of pyridine rings is 1. The van der Waals surface area contributed by atoms with Crippen LogP contribution < -0.4 is 15.8 Å². The van der Waals surface area contributed by atoms with E-state index in [-0.39, 0.29) is 6.04 Å². The molecular formula is C16H23N3OS. The summed E-state index contributed by atoms with van der Waals surface area (Å²) >= 11 is 1.75. The molecule has 0 aliphatic carbocycles. The Morgan fingerprint density at radius 1 is 1.33 bits per heavy atom. The van der Waals surface area contributed by atoms with Crippen LogP contribution in [0.4, 0.5) is 11.5 Å². The maximum Gasteiger partial charge on any atom is 0.239 e. The number of nitrogen functional groups attached to an aromatic ring is 1. The van der Waals surface area contributed by atoms with Crippen molar-refractivity contribution in [3.8, 4) is 5.88 Å². The fourth-order valence-electron chi connectivity index (χ4n) is 1.94. The van der Waals surface area contributed by atoms with Gasteiger partial charge in [0.2, 0.25) is 5.88 Å². The summed E-state index contributed by atoms with van der Waals surface area (Å²) < 4.78 is 5.67. The zero-order valence-corrected chi connectivity index (χ0v) is 13.6. The number of aromatic nitrogens is 1. The summed E-state index contributed by atoms with van der Waals surface area (Å²) in [4.78, 5) is 5.79. The zero-order valence-electron chi connectivity index (χ0n) is 12.8. The van der Waals surface area contributed by atoms with Crippen LogP contribution in [0, 0.1) is 5.92 Å². The Morgan fingerprint density at radius 2 is 2.14 bits per heavy atom. The highest BCUT2D eigenvalue weighted by molar-refractivity contribution is 7.10. The van der Waals surface area contributed by atoms with Gasteiger partial charge in [-0.15, -0.1) is 11.3 Å². The molecule has 2 heterocycles. The standard InChI is InChI=1S/C16H23N3OS/c1-4-13(14-6-5-9-21-14)18-15-8-7-12(17)16(19-15)20-10-11(2)3/h5-9,11,13H,4,10,17H2,1-3H3,(H,18,19). The molecule has 2 aromatic heterocycles. The van der Waals surface area contributed by atoms with E-state index in [4.69, 9.17) is 10.5 Å². The third-order valence-electron chi connectivity index (χ3n) is 3.06. The Morgan fingerprint density at radius 3 is 2.76 bits per heavy atom. The summed E-state index contributed by atoms with van der Waals surface area (Å²) in [7, 11) is 0. The molecule has 0 amide bonds. The van der Waals surface area contributed by atoms with Crippen molar-refractivity contribution in [2.24, 2.45) is 5.92 Å². The van der Waals surface area contributed by atoms with Crippen molar-refractivity contribution in [2.75, 3.05) is 17.7 Å². The van der Waals surface area contributed by atoms with Crippen LogP contribution in [0.25, 0.3) is 0 Å². The molecule has 0 saturated carbocycles. The monoisotopic (exact) mass is 305 g/mol. The highest BCUT2D eigenvalue weighted by Gasteiger charge is 2.12. The number of hydrogen-bond donors (Lipinski definition) is 2. The second-order valence-corrected chi connectivity index (χ2v) is 6.40. The average Bonchev–Trinajstić information content (AvgIpc) is 2.98. The van der Waals surface area contributed by atoms with Crippen molar-refractivity contribution in [1.82, 2.24) is 4.98 Å². The highest BCUT2D eigenvalue weighted by atomic mass is 32.1. The van der Waals surface area contributed by atoms with Crippen LogP contribution in [0.15, 0.2) is 29.6 Å². The van der Waals surface area contributed by atoms with E-state index >= 15 is 0 Å². The number of nitrogens with zero attached hydrogens (tertiary/aromatic N) is 1. The molecule has 2 aromatic rings. The molecule has 5 heteroatoms. The molecule has 0 aliphatic rings. The normalized spacial score (nSPS) is 12.4. The Balaban J connectivity index is 2.10. The molecule has 0 aliphatic heterocycles. The van der Waals surface area contributed by atoms with Crippen LogP contribution in [0.2, 0.25) is 0 Å². The average molecular weight is 305 g/mol. The van der Waals surface area contributed by atoms with Gasteiger partial charge in [-0.05, 0) is 35.9 Å². The van der Waals surface area contributed by atoms with Gasteiger partial charge < -0.3 is 15.8 Å². The van der Waals surface area contributed by atoms with E-state index in [2.05, 4.69) is 48.6 Å². The van der Waals surface area contributed by atoms with Gasteiger partial charge in [-0.3, -0.25) is 0 Å². The summed E-state index contributed by atoms with van der Waals surface area (Å²) in [5.41, 5.74) is 6.49. The number of thiophene rings is 1. The second kappa shape index (κ2) is 7.31. The van der Waals surface area contributed by atoms with E-state index < -0.39 is 0 Å². The van der Waals surface area contributed by atoms with Gasteiger partial charge in [0.05, 0.1) is 18.3 Å². The number of rotatable bonds is 7. The topological polar surface area (TPSA) is 60.2 Å². The lowest BCUT2D eigenvalue weighted by Crippen LogP contribution is -2.12. The summed E-state index contributed by atoms with van der Waals surface area (Å²) in [6, 6.07) is 8.20. The first-order valence-electron chi connectivity index (χ1n) is 7.29. The molecule has 0 bridgehead atoms. The first-order chi connectivity index (χ1) is 10.1. The first-order valence-corrected chi connectivity index (χ1v) is 8.17.